The van der Waals surface area contributed by atoms with Crippen molar-refractivity contribution in [2.24, 2.45) is 7.05 Å². The molecule has 0 saturated heterocycles. The predicted molar refractivity (Wildman–Crippen MR) is 83.7 cm³/mol. The highest BCUT2D eigenvalue weighted by Crippen LogP contribution is 2.24. The fraction of sp³-hybridized carbons (Fsp3) is 0.133. The summed E-state index contributed by atoms with van der Waals surface area (Å²) in [6.07, 6.45) is 1.09. The first-order chi connectivity index (χ1) is 11.6. The zero-order valence-electron chi connectivity index (χ0n) is 12.9. The van der Waals surface area contributed by atoms with E-state index in [1.165, 1.54) is 11.9 Å². The Bertz CT molecular complexity index is 947. The summed E-state index contributed by atoms with van der Waals surface area (Å²) in [6, 6.07) is 8.04. The maximum atomic E-state index is 12.3. The van der Waals surface area contributed by atoms with Gasteiger partial charge in [0.1, 0.15) is 6.26 Å². The van der Waals surface area contributed by atoms with Crippen molar-refractivity contribution in [2.45, 2.75) is 0 Å². The Morgan fingerprint density at radius 2 is 2.12 bits per heavy atom. The number of ether oxygens (including phenoxy) is 1. The van der Waals surface area contributed by atoms with Crippen LogP contribution in [-0.2, 0) is 7.05 Å². The molecule has 0 aliphatic carbocycles. The predicted octanol–water partition coefficient (Wildman–Crippen LogP) is 1.09. The first-order valence-electron chi connectivity index (χ1n) is 6.90. The van der Waals surface area contributed by atoms with Gasteiger partial charge in [0.2, 0.25) is 17.0 Å². The Labute approximate surface area is 135 Å². The van der Waals surface area contributed by atoms with Crippen LogP contribution in [0, 0.1) is 0 Å². The van der Waals surface area contributed by atoms with Gasteiger partial charge >= 0.3 is 0 Å². The maximum Gasteiger partial charge on any atom is 0.291 e. The van der Waals surface area contributed by atoms with Gasteiger partial charge in [-0.1, -0.05) is 12.1 Å². The fourth-order valence-electron chi connectivity index (χ4n) is 2.03. The van der Waals surface area contributed by atoms with Gasteiger partial charge in [0, 0.05) is 11.6 Å². The monoisotopic (exact) mass is 327 g/mol. The van der Waals surface area contributed by atoms with Crippen molar-refractivity contribution in [3.63, 3.8) is 0 Å². The van der Waals surface area contributed by atoms with Crippen molar-refractivity contribution in [2.75, 3.05) is 12.4 Å². The minimum atomic E-state index is -0.578. The number of nitrogens with zero attached hydrogens (tertiary/aromatic N) is 4. The normalized spacial score (nSPS) is 10.4. The summed E-state index contributed by atoms with van der Waals surface area (Å²) in [5.74, 6) is -0.325. The number of nitrogens with one attached hydrogen (secondary N) is 1. The zero-order chi connectivity index (χ0) is 17.1. The van der Waals surface area contributed by atoms with Crippen molar-refractivity contribution in [3.8, 4) is 17.1 Å². The third-order valence-corrected chi connectivity index (χ3v) is 3.17. The van der Waals surface area contributed by atoms with Gasteiger partial charge in [-0.25, -0.2) is 0 Å². The first-order valence-corrected chi connectivity index (χ1v) is 6.90. The smallest absolute Gasteiger partial charge is 0.291 e. The number of para-hydroxylation sites is 1. The Morgan fingerprint density at radius 3 is 2.79 bits per heavy atom. The lowest BCUT2D eigenvalue weighted by Gasteiger charge is -2.08. The van der Waals surface area contributed by atoms with Gasteiger partial charge in [0.25, 0.3) is 5.91 Å². The van der Waals surface area contributed by atoms with Gasteiger partial charge in [0.15, 0.2) is 5.76 Å². The van der Waals surface area contributed by atoms with Crippen LogP contribution in [0.25, 0.3) is 11.4 Å². The fourth-order valence-corrected chi connectivity index (χ4v) is 2.03. The molecule has 24 heavy (non-hydrogen) atoms. The van der Waals surface area contributed by atoms with Gasteiger partial charge in [-0.15, -0.1) is 10.2 Å². The largest absolute Gasteiger partial charge is 0.490 e. The molecule has 0 atom stereocenters. The molecule has 1 N–H and O–H groups in total. The summed E-state index contributed by atoms with van der Waals surface area (Å²) in [5.41, 5.74) is 0.613. The second-order valence-electron chi connectivity index (χ2n) is 4.78. The van der Waals surface area contributed by atoms with E-state index in [0.717, 1.165) is 12.3 Å². The van der Waals surface area contributed by atoms with Gasteiger partial charge in [-0.05, 0) is 17.3 Å². The quantitative estimate of drug-likeness (QED) is 0.763. The maximum absolute atomic E-state index is 12.3. The Hall–Kier alpha value is -3.49. The average Bonchev–Trinajstić information content (AvgIpc) is 3.01. The minimum absolute atomic E-state index is 0.0238. The van der Waals surface area contributed by atoms with Crippen LogP contribution < -0.4 is 15.5 Å². The van der Waals surface area contributed by atoms with Crippen LogP contribution in [0.4, 0.5) is 5.69 Å². The second-order valence-corrected chi connectivity index (χ2v) is 4.78. The van der Waals surface area contributed by atoms with Gasteiger partial charge in [0.05, 0.1) is 19.8 Å². The van der Waals surface area contributed by atoms with Crippen molar-refractivity contribution < 1.29 is 13.9 Å². The summed E-state index contributed by atoms with van der Waals surface area (Å²) in [5, 5.41) is 14.5. The van der Waals surface area contributed by atoms with Gasteiger partial charge < -0.3 is 14.5 Å². The molecular formula is C15H13N5O4. The Morgan fingerprint density at radius 1 is 1.33 bits per heavy atom. The van der Waals surface area contributed by atoms with E-state index in [1.54, 1.807) is 31.3 Å². The first kappa shape index (κ1) is 15.4. The summed E-state index contributed by atoms with van der Waals surface area (Å²) in [4.78, 5) is 25.3. The van der Waals surface area contributed by atoms with E-state index in [9.17, 15) is 9.59 Å². The summed E-state index contributed by atoms with van der Waals surface area (Å²) < 4.78 is 9.94. The van der Waals surface area contributed by atoms with Crippen LogP contribution in [0.1, 0.15) is 10.6 Å². The summed E-state index contributed by atoms with van der Waals surface area (Å²) in [6.45, 7) is 0. The number of amides is 1. The summed E-state index contributed by atoms with van der Waals surface area (Å²) >= 11 is 0. The molecule has 1 amide bonds. The van der Waals surface area contributed by atoms with E-state index < -0.39 is 11.3 Å². The van der Waals surface area contributed by atoms with E-state index in [-0.39, 0.29) is 11.5 Å². The molecule has 9 heteroatoms. The average molecular weight is 327 g/mol. The molecule has 0 aliphatic rings. The van der Waals surface area contributed by atoms with E-state index in [4.69, 9.17) is 9.15 Å². The number of hydrogen-bond donors (Lipinski definition) is 1. The lowest BCUT2D eigenvalue weighted by atomic mass is 10.1. The molecule has 1 aromatic carbocycles. The van der Waals surface area contributed by atoms with Crippen LogP contribution in [-0.4, -0.2) is 33.2 Å². The number of rotatable bonds is 4. The standard InChI is InChI=1S/C15H13N5O4/c1-20-18-14(17-19-20)9-5-3-4-6-10(9)16-15(22)12-7-11(21)13(23-2)8-24-12/h3-8H,1-2H3,(H,16,22). The van der Waals surface area contributed by atoms with Crippen molar-refractivity contribution in [1.82, 2.24) is 20.2 Å². The number of tetrazole rings is 1. The number of aromatic nitrogens is 4. The lowest BCUT2D eigenvalue weighted by molar-refractivity contribution is 0.0993. The Balaban J connectivity index is 1.90. The SMILES string of the molecule is COc1coc(C(=O)Nc2ccccc2-c2nnn(C)n2)cc1=O. The number of methoxy groups -OCH3 is 1. The van der Waals surface area contributed by atoms with Gasteiger partial charge in [-0.2, -0.15) is 4.80 Å². The highest BCUT2D eigenvalue weighted by atomic mass is 16.5. The summed E-state index contributed by atoms with van der Waals surface area (Å²) in [7, 11) is 2.99. The van der Waals surface area contributed by atoms with Crippen LogP contribution >= 0.6 is 0 Å². The molecule has 2 heterocycles. The highest BCUT2D eigenvalue weighted by Gasteiger charge is 2.16. The number of benzene rings is 1. The van der Waals surface area contributed by atoms with Gasteiger partial charge in [-0.3, -0.25) is 9.59 Å². The van der Waals surface area contributed by atoms with Crippen molar-refractivity contribution >= 4 is 11.6 Å². The van der Waals surface area contributed by atoms with E-state index in [2.05, 4.69) is 20.7 Å². The third-order valence-electron chi connectivity index (χ3n) is 3.17. The highest BCUT2D eigenvalue weighted by molar-refractivity contribution is 6.04. The molecule has 122 valence electrons. The number of carbonyl (C=O) groups is 1. The number of aryl methyl sites for hydroxylation is 1. The minimum Gasteiger partial charge on any atom is -0.490 e. The molecule has 0 saturated carbocycles. The molecule has 0 radical (unpaired) electrons. The van der Waals surface area contributed by atoms with Crippen LogP contribution in [0.5, 0.6) is 5.75 Å². The van der Waals surface area contributed by atoms with E-state index in [0.29, 0.717) is 17.1 Å². The third kappa shape index (κ3) is 3.00. The molecule has 0 unspecified atom stereocenters. The molecule has 0 bridgehead atoms. The van der Waals surface area contributed by atoms with Crippen molar-refractivity contribution in [3.05, 3.63) is 52.6 Å². The molecule has 0 aliphatic heterocycles. The van der Waals surface area contributed by atoms with Crippen molar-refractivity contribution in [1.29, 1.82) is 0 Å². The van der Waals surface area contributed by atoms with E-state index in [1.807, 2.05) is 0 Å². The molecule has 3 aromatic rings. The lowest BCUT2D eigenvalue weighted by Crippen LogP contribution is -2.15. The second kappa shape index (κ2) is 6.32. The van der Waals surface area contributed by atoms with Crippen LogP contribution in [0.3, 0.4) is 0 Å². The molecule has 2 aromatic heterocycles. The molecule has 0 fully saturated rings. The Kier molecular flexibility index (Phi) is 4.06. The number of anilines is 1. The molecule has 9 nitrogen and oxygen atoms in total. The molecular weight excluding hydrogens is 314 g/mol. The molecule has 0 spiro atoms. The molecule has 3 rings (SSSR count). The number of hydrogen-bond acceptors (Lipinski definition) is 7. The zero-order valence-corrected chi connectivity index (χ0v) is 12.9. The van der Waals surface area contributed by atoms with Crippen LogP contribution in [0.2, 0.25) is 0 Å². The van der Waals surface area contributed by atoms with Crippen LogP contribution in [0.15, 0.2) is 45.8 Å². The van der Waals surface area contributed by atoms with E-state index >= 15 is 0 Å². The number of carbonyl (C=O) groups excluding carboxylic acids is 1. The topological polar surface area (TPSA) is 112 Å².